The summed E-state index contributed by atoms with van der Waals surface area (Å²) in [6, 6.07) is 18.3. The molecule has 2 aromatic rings. The predicted octanol–water partition coefficient (Wildman–Crippen LogP) is 4.72. The van der Waals surface area contributed by atoms with E-state index in [-0.39, 0.29) is 0 Å². The molecule has 2 aliphatic rings. The topological polar surface area (TPSA) is 3.24 Å². The second-order valence-corrected chi connectivity index (χ2v) is 7.00. The maximum absolute atomic E-state index is 2.46. The van der Waals surface area contributed by atoms with Gasteiger partial charge in [-0.2, -0.15) is 0 Å². The van der Waals surface area contributed by atoms with Crippen LogP contribution in [0.5, 0.6) is 0 Å². The van der Waals surface area contributed by atoms with Crippen LogP contribution in [-0.4, -0.2) is 18.0 Å². The van der Waals surface area contributed by atoms with Gasteiger partial charge in [-0.15, -0.1) is 0 Å². The van der Waals surface area contributed by atoms with Crippen molar-refractivity contribution in [2.75, 3.05) is 7.05 Å². The number of hydrogen-bond acceptors (Lipinski definition) is 1. The molecule has 0 aromatic heterocycles. The average Bonchev–Trinajstić information content (AvgIpc) is 2.97. The molecule has 2 aliphatic carbocycles. The van der Waals surface area contributed by atoms with Gasteiger partial charge in [0.15, 0.2) is 0 Å². The fraction of sp³-hybridized carbons (Fsp3) is 0.364. The second kappa shape index (κ2) is 6.23. The van der Waals surface area contributed by atoms with Crippen molar-refractivity contribution in [1.29, 1.82) is 0 Å². The van der Waals surface area contributed by atoms with Crippen molar-refractivity contribution >= 4 is 0 Å². The highest BCUT2D eigenvalue weighted by Crippen LogP contribution is 2.44. The lowest BCUT2D eigenvalue weighted by molar-refractivity contribution is 0.282. The number of aryl methyl sites for hydroxylation is 1. The Morgan fingerprint density at radius 3 is 2.74 bits per heavy atom. The zero-order chi connectivity index (χ0) is 15.6. The summed E-state index contributed by atoms with van der Waals surface area (Å²) in [6.07, 6.45) is 10.8. The standard InChI is InChI=1S/C22H25N/c1-23(15-7-10-17-8-3-2-4-9-17)21-16-19-13-5-11-18-12-6-14-20(21)22(18)19/h2-5,7-9,11,13,15,20-21H,6,10,12,14,16H2,1H3. The first-order chi connectivity index (χ1) is 11.3. The monoisotopic (exact) mass is 303 g/mol. The molecule has 0 aliphatic heterocycles. The molecule has 0 bridgehead atoms. The molecule has 0 amide bonds. The van der Waals surface area contributed by atoms with E-state index in [4.69, 9.17) is 0 Å². The second-order valence-electron chi connectivity index (χ2n) is 7.00. The number of allylic oxidation sites excluding steroid dienone is 1. The Hall–Kier alpha value is -2.02. The van der Waals surface area contributed by atoms with Gasteiger partial charge in [-0.25, -0.2) is 0 Å². The van der Waals surface area contributed by atoms with Crippen LogP contribution in [0.25, 0.3) is 0 Å². The zero-order valence-corrected chi connectivity index (χ0v) is 13.9. The van der Waals surface area contributed by atoms with Crippen molar-refractivity contribution in [1.82, 2.24) is 4.90 Å². The van der Waals surface area contributed by atoms with Crippen LogP contribution in [0.2, 0.25) is 0 Å². The molecule has 0 spiro atoms. The highest BCUT2D eigenvalue weighted by Gasteiger charge is 2.37. The SMILES string of the molecule is CN(C=CCc1ccccc1)C1Cc2cccc3c2C1CCC3. The molecule has 2 aromatic carbocycles. The van der Waals surface area contributed by atoms with Crippen LogP contribution in [0, 0.1) is 0 Å². The van der Waals surface area contributed by atoms with Gasteiger partial charge in [0.1, 0.15) is 0 Å². The van der Waals surface area contributed by atoms with Gasteiger partial charge in [-0.1, -0.05) is 54.6 Å². The minimum Gasteiger partial charge on any atom is -0.377 e. The van der Waals surface area contributed by atoms with Gasteiger partial charge in [0, 0.05) is 19.0 Å². The minimum absolute atomic E-state index is 0.637. The Bertz CT molecular complexity index is 701. The molecule has 0 fully saturated rings. The molecule has 0 saturated heterocycles. The van der Waals surface area contributed by atoms with Crippen molar-refractivity contribution < 1.29 is 0 Å². The van der Waals surface area contributed by atoms with Gasteiger partial charge >= 0.3 is 0 Å². The molecular weight excluding hydrogens is 278 g/mol. The molecule has 2 unspecified atom stereocenters. The van der Waals surface area contributed by atoms with Gasteiger partial charge in [-0.05, 0) is 60.6 Å². The predicted molar refractivity (Wildman–Crippen MR) is 96.7 cm³/mol. The third-order valence-electron chi connectivity index (χ3n) is 5.57. The number of benzene rings is 2. The van der Waals surface area contributed by atoms with Gasteiger partial charge in [0.05, 0.1) is 0 Å². The third-order valence-corrected chi connectivity index (χ3v) is 5.57. The lowest BCUT2D eigenvalue weighted by atomic mass is 9.82. The highest BCUT2D eigenvalue weighted by molar-refractivity contribution is 5.45. The molecular formula is C22H25N. The number of rotatable bonds is 4. The van der Waals surface area contributed by atoms with E-state index in [0.717, 1.165) is 12.3 Å². The largest absolute Gasteiger partial charge is 0.377 e. The van der Waals surface area contributed by atoms with Crippen LogP contribution in [0.4, 0.5) is 0 Å². The first kappa shape index (κ1) is 14.6. The molecule has 1 nitrogen and oxygen atoms in total. The van der Waals surface area contributed by atoms with Crippen LogP contribution >= 0.6 is 0 Å². The van der Waals surface area contributed by atoms with E-state index in [2.05, 4.69) is 72.8 Å². The summed E-state index contributed by atoms with van der Waals surface area (Å²) >= 11 is 0. The first-order valence-corrected chi connectivity index (χ1v) is 8.86. The number of hydrogen-bond donors (Lipinski definition) is 0. The number of likely N-dealkylation sites (N-methyl/N-ethyl adjacent to an activating group) is 1. The Labute approximate surface area is 139 Å². The van der Waals surface area contributed by atoms with Gasteiger partial charge in [0.25, 0.3) is 0 Å². The molecule has 23 heavy (non-hydrogen) atoms. The Morgan fingerprint density at radius 1 is 1.04 bits per heavy atom. The van der Waals surface area contributed by atoms with Gasteiger partial charge in [0.2, 0.25) is 0 Å². The maximum atomic E-state index is 2.46. The number of nitrogens with zero attached hydrogens (tertiary/aromatic N) is 1. The van der Waals surface area contributed by atoms with Crippen molar-refractivity contribution in [2.45, 2.75) is 44.1 Å². The maximum Gasteiger partial charge on any atom is 0.0390 e. The van der Waals surface area contributed by atoms with Crippen molar-refractivity contribution in [3.8, 4) is 0 Å². The molecule has 1 heteroatoms. The van der Waals surface area contributed by atoms with Crippen LogP contribution in [0.1, 0.15) is 41.0 Å². The van der Waals surface area contributed by atoms with Crippen molar-refractivity contribution in [2.24, 2.45) is 0 Å². The Kier molecular flexibility index (Phi) is 3.95. The first-order valence-electron chi connectivity index (χ1n) is 8.86. The van der Waals surface area contributed by atoms with E-state index in [1.807, 2.05) is 0 Å². The van der Waals surface area contributed by atoms with Crippen molar-refractivity contribution in [3.05, 3.63) is 83.1 Å². The molecule has 118 valence electrons. The molecule has 2 atom stereocenters. The average molecular weight is 303 g/mol. The zero-order valence-electron chi connectivity index (χ0n) is 13.9. The molecule has 0 radical (unpaired) electrons. The van der Waals surface area contributed by atoms with Crippen LogP contribution in [-0.2, 0) is 19.3 Å². The smallest absolute Gasteiger partial charge is 0.0390 e. The van der Waals surface area contributed by atoms with Crippen LogP contribution < -0.4 is 0 Å². The Balaban J connectivity index is 1.48. The lowest BCUT2D eigenvalue weighted by Gasteiger charge is -2.32. The molecule has 0 heterocycles. The Morgan fingerprint density at radius 2 is 1.87 bits per heavy atom. The minimum atomic E-state index is 0.637. The molecule has 0 N–H and O–H groups in total. The summed E-state index contributed by atoms with van der Waals surface area (Å²) in [4.78, 5) is 2.46. The van der Waals surface area contributed by atoms with E-state index in [1.165, 1.54) is 31.2 Å². The van der Waals surface area contributed by atoms with E-state index in [1.54, 1.807) is 16.7 Å². The van der Waals surface area contributed by atoms with E-state index < -0.39 is 0 Å². The van der Waals surface area contributed by atoms with Crippen LogP contribution in [0.15, 0.2) is 60.8 Å². The van der Waals surface area contributed by atoms with E-state index >= 15 is 0 Å². The van der Waals surface area contributed by atoms with Crippen molar-refractivity contribution in [3.63, 3.8) is 0 Å². The third kappa shape index (κ3) is 2.81. The fourth-order valence-corrected chi connectivity index (χ4v) is 4.46. The summed E-state index contributed by atoms with van der Waals surface area (Å²) in [6.45, 7) is 0. The van der Waals surface area contributed by atoms with Gasteiger partial charge in [-0.3, -0.25) is 0 Å². The summed E-state index contributed by atoms with van der Waals surface area (Å²) in [7, 11) is 2.26. The quantitative estimate of drug-likeness (QED) is 0.790. The van der Waals surface area contributed by atoms with Gasteiger partial charge < -0.3 is 4.90 Å². The van der Waals surface area contributed by atoms with Crippen LogP contribution in [0.3, 0.4) is 0 Å². The van der Waals surface area contributed by atoms with E-state index in [0.29, 0.717) is 6.04 Å². The fourth-order valence-electron chi connectivity index (χ4n) is 4.46. The summed E-state index contributed by atoms with van der Waals surface area (Å²) < 4.78 is 0. The molecule has 0 saturated carbocycles. The summed E-state index contributed by atoms with van der Waals surface area (Å²) in [5, 5.41) is 0. The summed E-state index contributed by atoms with van der Waals surface area (Å²) in [5.74, 6) is 0.737. The summed E-state index contributed by atoms with van der Waals surface area (Å²) in [5.41, 5.74) is 6.28. The highest BCUT2D eigenvalue weighted by atomic mass is 15.1. The molecule has 4 rings (SSSR count). The normalized spacial score (nSPS) is 22.3. The van der Waals surface area contributed by atoms with E-state index in [9.17, 15) is 0 Å². The lowest BCUT2D eigenvalue weighted by Crippen LogP contribution is -2.32.